The third-order valence-electron chi connectivity index (χ3n) is 1.16. The maximum atomic E-state index is 5.21. The molecule has 2 heteroatoms. The molecule has 1 saturated carbocycles. The van der Waals surface area contributed by atoms with Crippen LogP contribution in [0, 0.1) is 0 Å². The molecule has 0 unspecified atom stereocenters. The maximum absolute atomic E-state index is 5.21. The summed E-state index contributed by atoms with van der Waals surface area (Å²) in [6, 6.07) is 0.762. The van der Waals surface area contributed by atoms with Gasteiger partial charge >= 0.3 is 0 Å². The lowest BCUT2D eigenvalue weighted by atomic mass is 10.6. The van der Waals surface area contributed by atoms with Gasteiger partial charge in [0.2, 0.25) is 0 Å². The predicted octanol–water partition coefficient (Wildman–Crippen LogP) is 0.211. The van der Waals surface area contributed by atoms with E-state index in [9.17, 15) is 0 Å². The molecule has 0 heterocycles. The minimum Gasteiger partial charge on any atom is -0.388 e. The molecule has 8 heavy (non-hydrogen) atoms. The fourth-order valence-corrected chi connectivity index (χ4v) is 0.522. The molecule has 46 valence electrons. The second-order valence-corrected chi connectivity index (χ2v) is 2.08. The van der Waals surface area contributed by atoms with Crippen LogP contribution < -0.4 is 11.1 Å². The van der Waals surface area contributed by atoms with Crippen molar-refractivity contribution >= 4 is 0 Å². The Morgan fingerprint density at radius 1 is 1.62 bits per heavy atom. The van der Waals surface area contributed by atoms with Crippen molar-refractivity contribution < 1.29 is 0 Å². The summed E-state index contributed by atoms with van der Waals surface area (Å²) in [5.74, 6) is 0. The summed E-state index contributed by atoms with van der Waals surface area (Å²) in [4.78, 5) is 0. The van der Waals surface area contributed by atoms with E-state index >= 15 is 0 Å². The average molecular weight is 112 g/mol. The first-order valence-electron chi connectivity index (χ1n) is 3.04. The quantitative estimate of drug-likeness (QED) is 0.547. The summed E-state index contributed by atoms with van der Waals surface area (Å²) in [6.45, 7) is 0.639. The van der Waals surface area contributed by atoms with Crippen molar-refractivity contribution in [2.45, 2.75) is 18.9 Å². The van der Waals surface area contributed by atoms with Gasteiger partial charge in [-0.05, 0) is 19.0 Å². The lowest BCUT2D eigenvalue weighted by Crippen LogP contribution is -2.07. The number of hydrogen-bond donors (Lipinski definition) is 2. The van der Waals surface area contributed by atoms with Gasteiger partial charge in [0.1, 0.15) is 0 Å². The predicted molar refractivity (Wildman–Crippen MR) is 34.4 cm³/mol. The van der Waals surface area contributed by atoms with E-state index in [-0.39, 0.29) is 0 Å². The summed E-state index contributed by atoms with van der Waals surface area (Å²) in [7, 11) is 0. The average Bonchev–Trinajstić information content (AvgIpc) is 2.51. The fraction of sp³-hybridized carbons (Fsp3) is 0.667. The molecule has 1 aliphatic rings. The molecule has 0 aromatic heterocycles. The Bertz CT molecular complexity index is 84.5. The van der Waals surface area contributed by atoms with Crippen LogP contribution in [0.25, 0.3) is 0 Å². The van der Waals surface area contributed by atoms with Crippen LogP contribution in [0.15, 0.2) is 12.3 Å². The standard InChI is InChI=1S/C6H12N2/c7-4-1-5-8-6-2-3-6/h1,5-6,8H,2-4,7H2. The Kier molecular flexibility index (Phi) is 1.92. The van der Waals surface area contributed by atoms with Crippen LogP contribution in [0.2, 0.25) is 0 Å². The third kappa shape index (κ3) is 1.98. The van der Waals surface area contributed by atoms with Crippen LogP contribution in [-0.2, 0) is 0 Å². The minimum absolute atomic E-state index is 0.639. The summed E-state index contributed by atoms with van der Waals surface area (Å²) in [5, 5.41) is 3.20. The van der Waals surface area contributed by atoms with Crippen LogP contribution in [0.4, 0.5) is 0 Å². The maximum Gasteiger partial charge on any atom is 0.0257 e. The SMILES string of the molecule is NCC=CNC1CC1. The topological polar surface area (TPSA) is 38.0 Å². The lowest BCUT2D eigenvalue weighted by Gasteiger charge is -1.90. The monoisotopic (exact) mass is 112 g/mol. The fourth-order valence-electron chi connectivity index (χ4n) is 0.522. The molecule has 0 aliphatic heterocycles. The number of nitrogens with one attached hydrogen (secondary N) is 1. The van der Waals surface area contributed by atoms with Crippen molar-refractivity contribution in [1.82, 2.24) is 5.32 Å². The molecule has 0 radical (unpaired) electrons. The van der Waals surface area contributed by atoms with E-state index in [4.69, 9.17) is 5.73 Å². The molecular weight excluding hydrogens is 100 g/mol. The normalized spacial score (nSPS) is 19.6. The minimum atomic E-state index is 0.639. The van der Waals surface area contributed by atoms with Crippen LogP contribution in [0.3, 0.4) is 0 Å². The van der Waals surface area contributed by atoms with Crippen LogP contribution >= 0.6 is 0 Å². The Hall–Kier alpha value is -0.500. The molecule has 0 aromatic rings. The van der Waals surface area contributed by atoms with Crippen molar-refractivity contribution in [3.8, 4) is 0 Å². The summed E-state index contributed by atoms with van der Waals surface area (Å²) in [5.41, 5.74) is 5.21. The van der Waals surface area contributed by atoms with Gasteiger partial charge in [0.05, 0.1) is 0 Å². The van der Waals surface area contributed by atoms with E-state index in [0.717, 1.165) is 6.04 Å². The van der Waals surface area contributed by atoms with E-state index < -0.39 is 0 Å². The molecule has 0 spiro atoms. The summed E-state index contributed by atoms with van der Waals surface area (Å²) in [6.07, 6.45) is 6.53. The van der Waals surface area contributed by atoms with Gasteiger partial charge in [-0.1, -0.05) is 6.08 Å². The van der Waals surface area contributed by atoms with Gasteiger partial charge in [-0.2, -0.15) is 0 Å². The summed E-state index contributed by atoms with van der Waals surface area (Å²) < 4.78 is 0. The Labute approximate surface area is 49.8 Å². The molecular formula is C6H12N2. The smallest absolute Gasteiger partial charge is 0.0257 e. The van der Waals surface area contributed by atoms with Crippen LogP contribution in [0.1, 0.15) is 12.8 Å². The zero-order valence-corrected chi connectivity index (χ0v) is 4.93. The molecule has 0 saturated heterocycles. The second kappa shape index (κ2) is 2.72. The molecule has 0 aromatic carbocycles. The first-order chi connectivity index (χ1) is 3.93. The molecule has 0 bridgehead atoms. The summed E-state index contributed by atoms with van der Waals surface area (Å²) >= 11 is 0. The lowest BCUT2D eigenvalue weighted by molar-refractivity contribution is 0.858. The van der Waals surface area contributed by atoms with Crippen molar-refractivity contribution in [2.24, 2.45) is 5.73 Å². The largest absolute Gasteiger partial charge is 0.388 e. The zero-order chi connectivity index (χ0) is 5.82. The first-order valence-corrected chi connectivity index (χ1v) is 3.04. The second-order valence-electron chi connectivity index (χ2n) is 2.08. The molecule has 2 nitrogen and oxygen atoms in total. The van der Waals surface area contributed by atoms with E-state index in [2.05, 4.69) is 5.32 Å². The van der Waals surface area contributed by atoms with E-state index in [1.807, 2.05) is 12.3 Å². The van der Waals surface area contributed by atoms with Crippen molar-refractivity contribution in [1.29, 1.82) is 0 Å². The number of nitrogens with two attached hydrogens (primary N) is 1. The van der Waals surface area contributed by atoms with Gasteiger partial charge in [-0.15, -0.1) is 0 Å². The Morgan fingerprint density at radius 2 is 2.38 bits per heavy atom. The number of hydrogen-bond acceptors (Lipinski definition) is 2. The third-order valence-corrected chi connectivity index (χ3v) is 1.16. The first kappa shape index (κ1) is 5.63. The van der Waals surface area contributed by atoms with Crippen LogP contribution in [-0.4, -0.2) is 12.6 Å². The van der Waals surface area contributed by atoms with Crippen molar-refractivity contribution in [3.63, 3.8) is 0 Å². The molecule has 3 N–H and O–H groups in total. The van der Waals surface area contributed by atoms with Gasteiger partial charge in [0, 0.05) is 12.6 Å². The highest BCUT2D eigenvalue weighted by Crippen LogP contribution is 2.18. The highest BCUT2D eigenvalue weighted by molar-refractivity contribution is 4.89. The molecule has 1 rings (SSSR count). The highest BCUT2D eigenvalue weighted by atomic mass is 14.9. The van der Waals surface area contributed by atoms with Gasteiger partial charge in [0.25, 0.3) is 0 Å². The van der Waals surface area contributed by atoms with Gasteiger partial charge < -0.3 is 11.1 Å². The van der Waals surface area contributed by atoms with Gasteiger partial charge in [-0.25, -0.2) is 0 Å². The highest BCUT2D eigenvalue weighted by Gasteiger charge is 2.18. The van der Waals surface area contributed by atoms with Gasteiger partial charge in [-0.3, -0.25) is 0 Å². The molecule has 1 fully saturated rings. The molecule has 0 amide bonds. The Balaban J connectivity index is 1.93. The Morgan fingerprint density at radius 3 is 2.88 bits per heavy atom. The van der Waals surface area contributed by atoms with E-state index in [1.165, 1.54) is 12.8 Å². The number of rotatable bonds is 3. The van der Waals surface area contributed by atoms with Crippen molar-refractivity contribution in [2.75, 3.05) is 6.54 Å². The van der Waals surface area contributed by atoms with Crippen molar-refractivity contribution in [3.05, 3.63) is 12.3 Å². The van der Waals surface area contributed by atoms with Gasteiger partial charge in [0.15, 0.2) is 0 Å². The zero-order valence-electron chi connectivity index (χ0n) is 4.93. The van der Waals surface area contributed by atoms with E-state index in [0.29, 0.717) is 6.54 Å². The van der Waals surface area contributed by atoms with E-state index in [1.54, 1.807) is 0 Å². The molecule has 1 aliphatic carbocycles. The molecule has 0 atom stereocenters. The van der Waals surface area contributed by atoms with Crippen LogP contribution in [0.5, 0.6) is 0 Å².